The molecule has 1 aliphatic rings. The summed E-state index contributed by atoms with van der Waals surface area (Å²) < 4.78 is 0. The van der Waals surface area contributed by atoms with E-state index in [1.54, 1.807) is 0 Å². The molecule has 4 aromatic rings. The first-order chi connectivity index (χ1) is 13.7. The summed E-state index contributed by atoms with van der Waals surface area (Å²) in [5.74, 6) is 0. The van der Waals surface area contributed by atoms with Crippen LogP contribution in [0.5, 0.6) is 0 Å². The lowest BCUT2D eigenvalue weighted by molar-refractivity contribution is 0.661. The van der Waals surface area contributed by atoms with Gasteiger partial charge in [0.05, 0.1) is 19.3 Å². The zero-order valence-electron chi connectivity index (χ0n) is 17.9. The van der Waals surface area contributed by atoms with Gasteiger partial charge in [0.2, 0.25) is 0 Å². The smallest absolute Gasteiger partial charge is 0.0776 e. The van der Waals surface area contributed by atoms with Gasteiger partial charge in [-0.1, -0.05) is 93.3 Å². The first-order valence-corrected chi connectivity index (χ1v) is 13.9. The van der Waals surface area contributed by atoms with Gasteiger partial charge in [-0.3, -0.25) is 0 Å². The van der Waals surface area contributed by atoms with E-state index in [0.29, 0.717) is 0 Å². The largest absolute Gasteiger partial charge is 0.248 e. The molecule has 2 heteroatoms. The highest BCUT2D eigenvalue weighted by molar-refractivity contribution is 6.88. The van der Waals surface area contributed by atoms with E-state index in [9.17, 15) is 0 Å². The number of hydrogen-bond acceptors (Lipinski definition) is 1. The first-order valence-electron chi connectivity index (χ1n) is 10.4. The van der Waals surface area contributed by atoms with E-state index in [1.807, 2.05) is 0 Å². The first kappa shape index (κ1) is 18.3. The highest BCUT2D eigenvalue weighted by atomic mass is 28.3. The third-order valence-electron chi connectivity index (χ3n) is 6.44. The minimum absolute atomic E-state index is 0.00713. The Morgan fingerprint density at radius 1 is 0.724 bits per heavy atom. The second kappa shape index (κ2) is 6.14. The Balaban J connectivity index is 1.65. The van der Waals surface area contributed by atoms with Crippen LogP contribution in [0.2, 0.25) is 19.6 Å². The zero-order valence-corrected chi connectivity index (χ0v) is 18.9. The second-order valence-corrected chi connectivity index (χ2v) is 14.9. The summed E-state index contributed by atoms with van der Waals surface area (Å²) in [7, 11) is -1.34. The molecular weight excluding hydrogens is 366 g/mol. The van der Waals surface area contributed by atoms with Crippen molar-refractivity contribution in [2.75, 3.05) is 0 Å². The molecule has 1 aliphatic carbocycles. The van der Waals surface area contributed by atoms with Crippen LogP contribution >= 0.6 is 0 Å². The van der Waals surface area contributed by atoms with Crippen LogP contribution in [0.15, 0.2) is 72.8 Å². The van der Waals surface area contributed by atoms with Crippen LogP contribution < -0.4 is 5.19 Å². The second-order valence-electron chi connectivity index (χ2n) is 9.78. The van der Waals surface area contributed by atoms with E-state index in [0.717, 1.165) is 11.2 Å². The molecule has 1 aromatic heterocycles. The van der Waals surface area contributed by atoms with E-state index in [2.05, 4.69) is 106 Å². The van der Waals surface area contributed by atoms with E-state index in [1.165, 1.54) is 38.4 Å². The summed E-state index contributed by atoms with van der Waals surface area (Å²) in [6.45, 7) is 12.0. The molecule has 5 rings (SSSR count). The predicted octanol–water partition coefficient (Wildman–Crippen LogP) is 6.75. The Bertz CT molecular complexity index is 1260. The van der Waals surface area contributed by atoms with Gasteiger partial charge in [-0.05, 0) is 40.5 Å². The molecule has 1 heterocycles. The molecule has 144 valence electrons. The van der Waals surface area contributed by atoms with Crippen molar-refractivity contribution in [3.8, 4) is 22.4 Å². The minimum atomic E-state index is -1.34. The molecule has 0 radical (unpaired) electrons. The third-order valence-corrected chi connectivity index (χ3v) is 8.48. The maximum absolute atomic E-state index is 4.92. The number of nitrogens with zero attached hydrogens (tertiary/aromatic N) is 1. The number of aromatic nitrogens is 1. The maximum atomic E-state index is 4.92. The number of para-hydroxylation sites is 1. The van der Waals surface area contributed by atoms with Crippen molar-refractivity contribution in [1.82, 2.24) is 4.98 Å². The standard InChI is InChI=1S/C27H27NSi/c1-27(2)23-16-19(26-15-11-18-8-6-7-9-25(18)28-26)10-13-21(23)22-14-12-20(17-24(22)27)29(3,4)5/h6-17H,1-5H3. The Labute approximate surface area is 174 Å². The summed E-state index contributed by atoms with van der Waals surface area (Å²) in [4.78, 5) is 4.92. The van der Waals surface area contributed by atoms with Crippen molar-refractivity contribution in [1.29, 1.82) is 0 Å². The fourth-order valence-electron chi connectivity index (χ4n) is 4.59. The van der Waals surface area contributed by atoms with Gasteiger partial charge in [0, 0.05) is 16.4 Å². The number of rotatable bonds is 2. The van der Waals surface area contributed by atoms with Crippen LogP contribution in [0, 0.1) is 0 Å². The fraction of sp³-hybridized carbons (Fsp3) is 0.222. The van der Waals surface area contributed by atoms with Gasteiger partial charge in [-0.25, -0.2) is 4.98 Å². The van der Waals surface area contributed by atoms with Crippen molar-refractivity contribution >= 4 is 24.2 Å². The highest BCUT2D eigenvalue weighted by Gasteiger charge is 2.36. The van der Waals surface area contributed by atoms with Gasteiger partial charge in [0.15, 0.2) is 0 Å². The number of pyridine rings is 1. The molecule has 29 heavy (non-hydrogen) atoms. The fourth-order valence-corrected chi connectivity index (χ4v) is 5.75. The van der Waals surface area contributed by atoms with Gasteiger partial charge in [-0.15, -0.1) is 0 Å². The summed E-state index contributed by atoms with van der Waals surface area (Å²) in [6, 6.07) is 26.7. The Morgan fingerprint density at radius 2 is 1.41 bits per heavy atom. The number of benzene rings is 3. The monoisotopic (exact) mass is 393 g/mol. The molecule has 0 atom stereocenters. The van der Waals surface area contributed by atoms with Gasteiger partial charge < -0.3 is 0 Å². The van der Waals surface area contributed by atoms with Crippen LogP contribution in [-0.4, -0.2) is 13.1 Å². The summed E-state index contributed by atoms with van der Waals surface area (Å²) in [5.41, 5.74) is 8.94. The Kier molecular flexibility index (Phi) is 3.88. The van der Waals surface area contributed by atoms with Crippen molar-refractivity contribution in [3.63, 3.8) is 0 Å². The molecule has 0 saturated heterocycles. The predicted molar refractivity (Wildman–Crippen MR) is 128 cm³/mol. The Hall–Kier alpha value is -2.71. The molecule has 3 aromatic carbocycles. The van der Waals surface area contributed by atoms with Gasteiger partial charge in [0.25, 0.3) is 0 Å². The molecule has 0 bridgehead atoms. The van der Waals surface area contributed by atoms with Crippen LogP contribution in [0.1, 0.15) is 25.0 Å². The van der Waals surface area contributed by atoms with Crippen LogP contribution in [0.25, 0.3) is 33.3 Å². The third kappa shape index (κ3) is 2.86. The molecule has 0 spiro atoms. The van der Waals surface area contributed by atoms with Gasteiger partial charge >= 0.3 is 0 Å². The molecular formula is C27H27NSi. The lowest BCUT2D eigenvalue weighted by Crippen LogP contribution is -2.38. The van der Waals surface area contributed by atoms with Gasteiger partial charge in [0.1, 0.15) is 0 Å². The molecule has 0 fully saturated rings. The highest BCUT2D eigenvalue weighted by Crippen LogP contribution is 2.49. The maximum Gasteiger partial charge on any atom is 0.0776 e. The summed E-state index contributed by atoms with van der Waals surface area (Å²) in [6.07, 6.45) is 0. The lowest BCUT2D eigenvalue weighted by atomic mass is 9.82. The molecule has 0 saturated carbocycles. The van der Waals surface area contributed by atoms with E-state index < -0.39 is 8.07 Å². The van der Waals surface area contributed by atoms with Crippen molar-refractivity contribution in [2.24, 2.45) is 0 Å². The van der Waals surface area contributed by atoms with E-state index >= 15 is 0 Å². The zero-order chi connectivity index (χ0) is 20.4. The molecule has 1 nitrogen and oxygen atoms in total. The molecule has 0 N–H and O–H groups in total. The molecule has 0 aliphatic heterocycles. The quantitative estimate of drug-likeness (QED) is 0.343. The van der Waals surface area contributed by atoms with Crippen molar-refractivity contribution < 1.29 is 0 Å². The van der Waals surface area contributed by atoms with Crippen molar-refractivity contribution in [3.05, 3.63) is 83.9 Å². The van der Waals surface area contributed by atoms with E-state index in [-0.39, 0.29) is 5.41 Å². The SMILES string of the molecule is CC1(C)c2cc(-c3ccc4ccccc4n3)ccc2-c2ccc([Si](C)(C)C)cc21. The van der Waals surface area contributed by atoms with Gasteiger partial charge in [-0.2, -0.15) is 0 Å². The van der Waals surface area contributed by atoms with Crippen molar-refractivity contribution in [2.45, 2.75) is 38.9 Å². The topological polar surface area (TPSA) is 12.9 Å². The van der Waals surface area contributed by atoms with Crippen LogP contribution in [0.4, 0.5) is 0 Å². The lowest BCUT2D eigenvalue weighted by Gasteiger charge is -2.24. The normalized spacial score (nSPS) is 14.7. The summed E-state index contributed by atoms with van der Waals surface area (Å²) in [5, 5.41) is 2.72. The number of fused-ring (bicyclic) bond motifs is 4. The van der Waals surface area contributed by atoms with Crippen LogP contribution in [-0.2, 0) is 5.41 Å². The average molecular weight is 394 g/mol. The molecule has 0 amide bonds. The Morgan fingerprint density at radius 3 is 2.17 bits per heavy atom. The molecule has 0 unspecified atom stereocenters. The minimum Gasteiger partial charge on any atom is -0.248 e. The van der Waals surface area contributed by atoms with E-state index in [4.69, 9.17) is 4.98 Å². The average Bonchev–Trinajstić information content (AvgIpc) is 2.93. The van der Waals surface area contributed by atoms with Crippen LogP contribution in [0.3, 0.4) is 0 Å². The summed E-state index contributed by atoms with van der Waals surface area (Å²) >= 11 is 0. The number of hydrogen-bond donors (Lipinski definition) is 0.